The Balaban J connectivity index is 2.32. The lowest BCUT2D eigenvalue weighted by Crippen LogP contribution is -2.27. The Hall–Kier alpha value is -0.390. The first-order chi connectivity index (χ1) is 7.54. The predicted octanol–water partition coefficient (Wildman–Crippen LogP) is 2.55. The standard InChI is InChI=1S/C11H14BrNO2S/c1-2-13-11(7-8-16(13,14)15)9-3-5-10(12)6-4-9/h3-6,11H,2,7-8H2,1H3/t11-/m0/s1. The molecule has 1 atom stereocenters. The van der Waals surface area contributed by atoms with Gasteiger partial charge in [-0.05, 0) is 24.1 Å². The van der Waals surface area contributed by atoms with Crippen LogP contribution in [0.1, 0.15) is 24.9 Å². The molecule has 0 aromatic heterocycles. The van der Waals surface area contributed by atoms with Gasteiger partial charge in [-0.25, -0.2) is 8.42 Å². The van der Waals surface area contributed by atoms with Gasteiger partial charge in [0.15, 0.2) is 0 Å². The molecule has 1 heterocycles. The molecule has 16 heavy (non-hydrogen) atoms. The van der Waals surface area contributed by atoms with Gasteiger partial charge < -0.3 is 0 Å². The minimum Gasteiger partial charge on any atom is -0.212 e. The van der Waals surface area contributed by atoms with Crippen LogP contribution < -0.4 is 0 Å². The minimum atomic E-state index is -3.02. The van der Waals surface area contributed by atoms with Crippen molar-refractivity contribution >= 4 is 26.0 Å². The zero-order chi connectivity index (χ0) is 11.8. The molecule has 1 aliphatic rings. The minimum absolute atomic E-state index is 0.0168. The number of halogens is 1. The van der Waals surface area contributed by atoms with Crippen LogP contribution >= 0.6 is 15.9 Å². The number of benzene rings is 1. The summed E-state index contributed by atoms with van der Waals surface area (Å²) in [4.78, 5) is 0. The Morgan fingerprint density at radius 3 is 2.56 bits per heavy atom. The zero-order valence-electron chi connectivity index (χ0n) is 9.06. The molecule has 0 saturated carbocycles. The molecule has 0 amide bonds. The fourth-order valence-corrected chi connectivity index (χ4v) is 4.18. The van der Waals surface area contributed by atoms with Crippen molar-refractivity contribution in [3.63, 3.8) is 0 Å². The third-order valence-corrected chi connectivity index (χ3v) is 5.43. The third kappa shape index (κ3) is 2.17. The highest BCUT2D eigenvalue weighted by Crippen LogP contribution is 2.34. The predicted molar refractivity (Wildman–Crippen MR) is 67.7 cm³/mol. The molecule has 0 N–H and O–H groups in total. The maximum absolute atomic E-state index is 11.8. The quantitative estimate of drug-likeness (QED) is 0.842. The normalized spacial score (nSPS) is 24.8. The average Bonchev–Trinajstić information content (AvgIpc) is 2.54. The van der Waals surface area contributed by atoms with E-state index in [-0.39, 0.29) is 11.8 Å². The number of hydrogen-bond donors (Lipinski definition) is 0. The second-order valence-electron chi connectivity index (χ2n) is 3.88. The number of rotatable bonds is 2. The second kappa shape index (κ2) is 4.47. The van der Waals surface area contributed by atoms with Crippen molar-refractivity contribution in [1.82, 2.24) is 4.31 Å². The summed E-state index contributed by atoms with van der Waals surface area (Å²) < 4.78 is 26.1. The molecule has 0 aliphatic carbocycles. The average molecular weight is 304 g/mol. The van der Waals surface area contributed by atoms with Gasteiger partial charge in [-0.1, -0.05) is 35.0 Å². The van der Waals surface area contributed by atoms with Crippen molar-refractivity contribution in [3.8, 4) is 0 Å². The van der Waals surface area contributed by atoms with Gasteiger partial charge in [0.25, 0.3) is 0 Å². The third-order valence-electron chi connectivity index (χ3n) is 2.92. The largest absolute Gasteiger partial charge is 0.214 e. The van der Waals surface area contributed by atoms with Crippen LogP contribution in [-0.2, 0) is 10.0 Å². The van der Waals surface area contributed by atoms with Gasteiger partial charge in [-0.15, -0.1) is 0 Å². The van der Waals surface area contributed by atoms with Gasteiger partial charge in [0.2, 0.25) is 10.0 Å². The molecule has 88 valence electrons. The van der Waals surface area contributed by atoms with Crippen LogP contribution in [0.3, 0.4) is 0 Å². The van der Waals surface area contributed by atoms with E-state index < -0.39 is 10.0 Å². The van der Waals surface area contributed by atoms with E-state index in [1.54, 1.807) is 4.31 Å². The van der Waals surface area contributed by atoms with Crippen LogP contribution in [0.15, 0.2) is 28.7 Å². The van der Waals surface area contributed by atoms with Gasteiger partial charge in [0.05, 0.1) is 11.8 Å². The summed E-state index contributed by atoms with van der Waals surface area (Å²) in [5.41, 5.74) is 1.08. The molecule has 1 aliphatic heterocycles. The van der Waals surface area contributed by atoms with E-state index in [1.165, 1.54) is 0 Å². The van der Waals surface area contributed by atoms with Crippen LogP contribution in [0.4, 0.5) is 0 Å². The highest BCUT2D eigenvalue weighted by Gasteiger charge is 2.36. The Morgan fingerprint density at radius 2 is 2.00 bits per heavy atom. The Labute approximate surface area is 105 Å². The molecule has 1 fully saturated rings. The van der Waals surface area contributed by atoms with Gasteiger partial charge in [-0.3, -0.25) is 0 Å². The lowest BCUT2D eigenvalue weighted by molar-refractivity contribution is 0.365. The lowest BCUT2D eigenvalue weighted by atomic mass is 10.1. The van der Waals surface area contributed by atoms with E-state index in [9.17, 15) is 8.42 Å². The zero-order valence-corrected chi connectivity index (χ0v) is 11.5. The highest BCUT2D eigenvalue weighted by atomic mass is 79.9. The maximum Gasteiger partial charge on any atom is 0.214 e. The SMILES string of the molecule is CCN1[C@H](c2ccc(Br)cc2)CCS1(=O)=O. The first kappa shape index (κ1) is 12.1. The first-order valence-corrected chi connectivity index (χ1v) is 7.70. The van der Waals surface area contributed by atoms with Gasteiger partial charge >= 0.3 is 0 Å². The molecule has 1 aromatic carbocycles. The Bertz CT molecular complexity index is 469. The van der Waals surface area contributed by atoms with Crippen molar-refractivity contribution < 1.29 is 8.42 Å². The number of sulfonamides is 1. The lowest BCUT2D eigenvalue weighted by Gasteiger charge is -2.21. The molecule has 5 heteroatoms. The summed E-state index contributed by atoms with van der Waals surface area (Å²) in [5.74, 6) is 0.265. The van der Waals surface area contributed by atoms with Crippen molar-refractivity contribution in [2.45, 2.75) is 19.4 Å². The monoisotopic (exact) mass is 303 g/mol. The molecular weight excluding hydrogens is 290 g/mol. The highest BCUT2D eigenvalue weighted by molar-refractivity contribution is 9.10. The van der Waals surface area contributed by atoms with E-state index in [4.69, 9.17) is 0 Å². The van der Waals surface area contributed by atoms with E-state index >= 15 is 0 Å². The summed E-state index contributed by atoms with van der Waals surface area (Å²) in [6, 6.07) is 7.89. The topological polar surface area (TPSA) is 37.4 Å². The van der Waals surface area contributed by atoms with Crippen LogP contribution in [-0.4, -0.2) is 25.0 Å². The second-order valence-corrected chi connectivity index (χ2v) is 6.83. The fourth-order valence-electron chi connectivity index (χ4n) is 2.15. The van der Waals surface area contributed by atoms with Crippen LogP contribution in [0.25, 0.3) is 0 Å². The van der Waals surface area contributed by atoms with Crippen LogP contribution in [0.5, 0.6) is 0 Å². The van der Waals surface area contributed by atoms with Gasteiger partial charge in [0, 0.05) is 11.0 Å². The molecule has 1 aromatic rings. The van der Waals surface area contributed by atoms with Crippen molar-refractivity contribution in [2.75, 3.05) is 12.3 Å². The summed E-state index contributed by atoms with van der Waals surface area (Å²) >= 11 is 3.38. The number of nitrogens with zero attached hydrogens (tertiary/aromatic N) is 1. The van der Waals surface area contributed by atoms with E-state index in [0.717, 1.165) is 10.0 Å². The first-order valence-electron chi connectivity index (χ1n) is 5.29. The molecule has 0 bridgehead atoms. The van der Waals surface area contributed by atoms with Gasteiger partial charge in [0.1, 0.15) is 0 Å². The van der Waals surface area contributed by atoms with E-state index in [0.29, 0.717) is 13.0 Å². The number of hydrogen-bond acceptors (Lipinski definition) is 2. The van der Waals surface area contributed by atoms with Crippen molar-refractivity contribution in [1.29, 1.82) is 0 Å². The maximum atomic E-state index is 11.8. The van der Waals surface area contributed by atoms with E-state index in [1.807, 2.05) is 31.2 Å². The van der Waals surface area contributed by atoms with Gasteiger partial charge in [-0.2, -0.15) is 4.31 Å². The summed E-state index contributed by atoms with van der Waals surface area (Å²) in [6.07, 6.45) is 0.692. The Kier molecular flexibility index (Phi) is 3.37. The van der Waals surface area contributed by atoms with E-state index in [2.05, 4.69) is 15.9 Å². The molecule has 1 saturated heterocycles. The smallest absolute Gasteiger partial charge is 0.212 e. The van der Waals surface area contributed by atoms with Crippen LogP contribution in [0.2, 0.25) is 0 Å². The molecular formula is C11H14BrNO2S. The molecule has 0 radical (unpaired) electrons. The molecule has 0 unspecified atom stereocenters. The van der Waals surface area contributed by atoms with Crippen molar-refractivity contribution in [2.24, 2.45) is 0 Å². The van der Waals surface area contributed by atoms with Crippen molar-refractivity contribution in [3.05, 3.63) is 34.3 Å². The molecule has 2 rings (SSSR count). The molecule has 3 nitrogen and oxygen atoms in total. The fraction of sp³-hybridized carbons (Fsp3) is 0.455. The summed E-state index contributed by atoms with van der Waals surface area (Å²) in [5, 5.41) is 0. The molecule has 0 spiro atoms. The van der Waals surface area contributed by atoms with Crippen LogP contribution in [0, 0.1) is 0 Å². The Morgan fingerprint density at radius 1 is 1.38 bits per heavy atom. The summed E-state index contributed by atoms with van der Waals surface area (Å²) in [7, 11) is -3.02. The summed E-state index contributed by atoms with van der Waals surface area (Å²) in [6.45, 7) is 2.43.